The van der Waals surface area contributed by atoms with Gasteiger partial charge >= 0.3 is 11.9 Å². The molecule has 0 radical (unpaired) electrons. The van der Waals surface area contributed by atoms with E-state index in [0.717, 1.165) is 24.0 Å². The van der Waals surface area contributed by atoms with Crippen LogP contribution in [0.25, 0.3) is 0 Å². The Labute approximate surface area is 178 Å². The summed E-state index contributed by atoms with van der Waals surface area (Å²) in [6.45, 7) is 4.72. The molecule has 0 aliphatic heterocycles. The third kappa shape index (κ3) is 7.52. The van der Waals surface area contributed by atoms with Gasteiger partial charge in [0.1, 0.15) is 17.5 Å². The van der Waals surface area contributed by atoms with Crippen LogP contribution in [0.5, 0.6) is 11.5 Å². The molecule has 0 saturated heterocycles. The molecule has 0 bridgehead atoms. The van der Waals surface area contributed by atoms with Gasteiger partial charge in [-0.15, -0.1) is 0 Å². The molecule has 0 spiro atoms. The number of phenols is 1. The van der Waals surface area contributed by atoms with Crippen molar-refractivity contribution >= 4 is 11.9 Å². The largest absolute Gasteiger partial charge is 0.508 e. The lowest BCUT2D eigenvalue weighted by atomic mass is 10.0. The number of esters is 2. The summed E-state index contributed by atoms with van der Waals surface area (Å²) in [5, 5.41) is 9.41. The normalized spacial score (nSPS) is 11.9. The topological polar surface area (TPSA) is 76.1 Å². The standard InChI is InChI=1S/C24H31NO5/c1-4-6-23(27)30-21-13-9-19(10-14-21)17-22(24(28)29-5-2)25(3)16-15-18-7-11-20(26)12-8-18/h7-14,22,26H,4-6,15-17H2,1-3H3. The molecule has 6 heteroatoms. The van der Waals surface area contributed by atoms with Gasteiger partial charge < -0.3 is 14.6 Å². The minimum absolute atomic E-state index is 0.236. The highest BCUT2D eigenvalue weighted by Gasteiger charge is 2.25. The highest BCUT2D eigenvalue weighted by Crippen LogP contribution is 2.17. The number of phenolic OH excluding ortho intramolecular Hbond substituents is 1. The number of hydrogen-bond donors (Lipinski definition) is 1. The smallest absolute Gasteiger partial charge is 0.323 e. The molecule has 1 N–H and O–H groups in total. The van der Waals surface area contributed by atoms with Gasteiger partial charge in [-0.1, -0.05) is 31.2 Å². The maximum atomic E-state index is 12.6. The lowest BCUT2D eigenvalue weighted by molar-refractivity contribution is -0.149. The average Bonchev–Trinajstić information content (AvgIpc) is 2.73. The van der Waals surface area contributed by atoms with E-state index in [-0.39, 0.29) is 17.7 Å². The summed E-state index contributed by atoms with van der Waals surface area (Å²) in [4.78, 5) is 26.2. The number of rotatable bonds is 11. The average molecular weight is 414 g/mol. The van der Waals surface area contributed by atoms with E-state index < -0.39 is 6.04 Å². The van der Waals surface area contributed by atoms with Crippen LogP contribution in [-0.4, -0.2) is 48.2 Å². The van der Waals surface area contributed by atoms with Crippen LogP contribution in [0.4, 0.5) is 0 Å². The van der Waals surface area contributed by atoms with Crippen LogP contribution in [0.2, 0.25) is 0 Å². The van der Waals surface area contributed by atoms with Crippen LogP contribution < -0.4 is 4.74 Å². The van der Waals surface area contributed by atoms with Crippen LogP contribution in [-0.2, 0) is 27.2 Å². The summed E-state index contributed by atoms with van der Waals surface area (Å²) in [6, 6.07) is 13.9. The summed E-state index contributed by atoms with van der Waals surface area (Å²) in [7, 11) is 1.91. The number of benzene rings is 2. The van der Waals surface area contributed by atoms with E-state index in [9.17, 15) is 14.7 Å². The van der Waals surface area contributed by atoms with Crippen molar-refractivity contribution in [2.45, 2.75) is 45.6 Å². The highest BCUT2D eigenvalue weighted by molar-refractivity contribution is 5.76. The maximum absolute atomic E-state index is 12.6. The number of likely N-dealkylation sites (N-methyl/N-ethyl adjacent to an activating group) is 1. The maximum Gasteiger partial charge on any atom is 0.323 e. The predicted octanol–water partition coefficient (Wildman–Crippen LogP) is 3.75. The van der Waals surface area contributed by atoms with Gasteiger partial charge in [0.2, 0.25) is 0 Å². The molecular formula is C24H31NO5. The van der Waals surface area contributed by atoms with Gasteiger partial charge in [-0.3, -0.25) is 14.5 Å². The van der Waals surface area contributed by atoms with E-state index >= 15 is 0 Å². The summed E-state index contributed by atoms with van der Waals surface area (Å²) in [5.41, 5.74) is 2.04. The van der Waals surface area contributed by atoms with Crippen molar-refractivity contribution in [3.63, 3.8) is 0 Å². The zero-order chi connectivity index (χ0) is 21.9. The zero-order valence-corrected chi connectivity index (χ0v) is 18.0. The SMILES string of the molecule is CCCC(=O)Oc1ccc(CC(C(=O)OCC)N(C)CCc2ccc(O)cc2)cc1. The second kappa shape index (κ2) is 12.0. The molecule has 0 aliphatic carbocycles. The van der Waals surface area contributed by atoms with E-state index in [1.54, 1.807) is 31.2 Å². The Bertz CT molecular complexity index is 801. The Morgan fingerprint density at radius 1 is 1.00 bits per heavy atom. The molecule has 2 aromatic carbocycles. The number of ether oxygens (including phenoxy) is 2. The Morgan fingerprint density at radius 2 is 1.63 bits per heavy atom. The molecular weight excluding hydrogens is 382 g/mol. The number of carbonyl (C=O) groups excluding carboxylic acids is 2. The van der Waals surface area contributed by atoms with E-state index in [0.29, 0.717) is 31.7 Å². The second-order valence-corrected chi connectivity index (χ2v) is 7.24. The molecule has 6 nitrogen and oxygen atoms in total. The molecule has 162 valence electrons. The number of nitrogens with zero attached hydrogens (tertiary/aromatic N) is 1. The van der Waals surface area contributed by atoms with Gasteiger partial charge in [-0.2, -0.15) is 0 Å². The van der Waals surface area contributed by atoms with E-state index in [1.165, 1.54) is 0 Å². The monoisotopic (exact) mass is 413 g/mol. The molecule has 1 atom stereocenters. The van der Waals surface area contributed by atoms with Crippen molar-refractivity contribution in [2.75, 3.05) is 20.2 Å². The third-order valence-corrected chi connectivity index (χ3v) is 4.82. The minimum Gasteiger partial charge on any atom is -0.508 e. The Hall–Kier alpha value is -2.86. The fraction of sp³-hybridized carbons (Fsp3) is 0.417. The van der Waals surface area contributed by atoms with Gasteiger partial charge in [-0.25, -0.2) is 0 Å². The molecule has 0 aliphatic rings. The molecule has 2 rings (SSSR count). The van der Waals surface area contributed by atoms with Crippen molar-refractivity contribution in [2.24, 2.45) is 0 Å². The van der Waals surface area contributed by atoms with Gasteiger partial charge in [0.15, 0.2) is 0 Å². The van der Waals surface area contributed by atoms with Crippen LogP contribution in [0.1, 0.15) is 37.8 Å². The van der Waals surface area contributed by atoms with E-state index in [4.69, 9.17) is 9.47 Å². The zero-order valence-electron chi connectivity index (χ0n) is 18.0. The van der Waals surface area contributed by atoms with Crippen LogP contribution in [0, 0.1) is 0 Å². The Balaban J connectivity index is 2.02. The highest BCUT2D eigenvalue weighted by atomic mass is 16.5. The fourth-order valence-electron chi connectivity index (χ4n) is 3.08. The summed E-state index contributed by atoms with van der Waals surface area (Å²) in [6.07, 6.45) is 2.38. The molecule has 0 amide bonds. The lowest BCUT2D eigenvalue weighted by Crippen LogP contribution is -2.42. The number of carbonyl (C=O) groups is 2. The molecule has 0 saturated carbocycles. The van der Waals surface area contributed by atoms with Gasteiger partial charge in [0.25, 0.3) is 0 Å². The first-order valence-electron chi connectivity index (χ1n) is 10.4. The third-order valence-electron chi connectivity index (χ3n) is 4.82. The van der Waals surface area contributed by atoms with Crippen molar-refractivity contribution in [3.05, 3.63) is 59.7 Å². The first-order valence-corrected chi connectivity index (χ1v) is 10.4. The van der Waals surface area contributed by atoms with Crippen molar-refractivity contribution in [3.8, 4) is 11.5 Å². The molecule has 0 fully saturated rings. The van der Waals surface area contributed by atoms with Crippen molar-refractivity contribution < 1.29 is 24.2 Å². The molecule has 0 aromatic heterocycles. The number of aromatic hydroxyl groups is 1. The molecule has 1 unspecified atom stereocenters. The fourth-order valence-corrected chi connectivity index (χ4v) is 3.08. The van der Waals surface area contributed by atoms with Gasteiger partial charge in [0, 0.05) is 13.0 Å². The predicted molar refractivity (Wildman–Crippen MR) is 116 cm³/mol. The lowest BCUT2D eigenvalue weighted by Gasteiger charge is -2.26. The van der Waals surface area contributed by atoms with E-state index in [2.05, 4.69) is 0 Å². The molecule has 30 heavy (non-hydrogen) atoms. The van der Waals surface area contributed by atoms with Gasteiger partial charge in [0.05, 0.1) is 6.61 Å². The quantitative estimate of drug-likeness (QED) is 0.447. The molecule has 2 aromatic rings. The molecule has 0 heterocycles. The second-order valence-electron chi connectivity index (χ2n) is 7.24. The van der Waals surface area contributed by atoms with Crippen molar-refractivity contribution in [1.29, 1.82) is 0 Å². The Morgan fingerprint density at radius 3 is 2.23 bits per heavy atom. The van der Waals surface area contributed by atoms with E-state index in [1.807, 2.05) is 43.1 Å². The summed E-state index contributed by atoms with van der Waals surface area (Å²) >= 11 is 0. The summed E-state index contributed by atoms with van der Waals surface area (Å²) in [5.74, 6) is 0.235. The summed E-state index contributed by atoms with van der Waals surface area (Å²) < 4.78 is 10.6. The first-order chi connectivity index (χ1) is 14.4. The van der Waals surface area contributed by atoms with Gasteiger partial charge in [-0.05, 0) is 68.6 Å². The first kappa shape index (κ1) is 23.4. The Kier molecular flexibility index (Phi) is 9.35. The van der Waals surface area contributed by atoms with Crippen LogP contribution in [0.3, 0.4) is 0 Å². The number of hydrogen-bond acceptors (Lipinski definition) is 6. The van der Waals surface area contributed by atoms with Crippen LogP contribution >= 0.6 is 0 Å². The van der Waals surface area contributed by atoms with Crippen LogP contribution in [0.15, 0.2) is 48.5 Å². The minimum atomic E-state index is -0.421. The van der Waals surface area contributed by atoms with Crippen molar-refractivity contribution in [1.82, 2.24) is 4.90 Å².